The molecule has 2 aliphatic heterocycles. The topological polar surface area (TPSA) is 136 Å². The third kappa shape index (κ3) is 5.41. The lowest BCUT2D eigenvalue weighted by Gasteiger charge is -2.36. The molecule has 1 amide bonds. The Morgan fingerprint density at radius 1 is 0.837 bits per heavy atom. The maximum absolute atomic E-state index is 15.4. The van der Waals surface area contributed by atoms with Crippen LogP contribution in [0.2, 0.25) is 0 Å². The van der Waals surface area contributed by atoms with Gasteiger partial charge in [0.05, 0.1) is 16.7 Å². The van der Waals surface area contributed by atoms with Crippen molar-refractivity contribution in [2.45, 2.75) is 32.8 Å². The second kappa shape index (κ2) is 11.6. The SMILES string of the molecule is CCCNC(=O)c1ccc2c(c1)C(=O)OC21c2cc(F)c(OCOC(C)=O)cc2Oc2cc(OCOC(C)=O)c(F)cc21. The number of fused-ring (bicyclic) bond motifs is 6. The number of nitrogens with one attached hydrogen (secondary N) is 1. The van der Waals surface area contributed by atoms with Gasteiger partial charge in [0, 0.05) is 43.7 Å². The molecule has 0 bridgehead atoms. The zero-order chi connectivity index (χ0) is 30.9. The summed E-state index contributed by atoms with van der Waals surface area (Å²) in [5.74, 6) is -5.15. The molecule has 3 aromatic carbocycles. The Morgan fingerprint density at radius 2 is 1.40 bits per heavy atom. The van der Waals surface area contributed by atoms with Gasteiger partial charge in [0.2, 0.25) is 13.6 Å². The van der Waals surface area contributed by atoms with Gasteiger partial charge in [-0.3, -0.25) is 14.4 Å². The monoisotopic (exact) mass is 597 g/mol. The van der Waals surface area contributed by atoms with Gasteiger partial charge in [0.1, 0.15) is 11.5 Å². The molecule has 5 rings (SSSR count). The minimum Gasteiger partial charge on any atom is -0.456 e. The Kier molecular flexibility index (Phi) is 7.89. The third-order valence-corrected chi connectivity index (χ3v) is 6.66. The number of esters is 3. The first-order valence-corrected chi connectivity index (χ1v) is 13.1. The Hall–Kier alpha value is -5.20. The molecule has 0 atom stereocenters. The second-order valence-corrected chi connectivity index (χ2v) is 9.54. The maximum Gasteiger partial charge on any atom is 0.340 e. The predicted molar refractivity (Wildman–Crippen MR) is 142 cm³/mol. The molecule has 0 aromatic heterocycles. The zero-order valence-corrected chi connectivity index (χ0v) is 23.2. The number of carbonyl (C=O) groups excluding carboxylic acids is 4. The Balaban J connectivity index is 1.66. The van der Waals surface area contributed by atoms with Gasteiger partial charge in [-0.2, -0.15) is 0 Å². The van der Waals surface area contributed by atoms with Crippen LogP contribution >= 0.6 is 0 Å². The molecule has 11 nitrogen and oxygen atoms in total. The summed E-state index contributed by atoms with van der Waals surface area (Å²) in [6.45, 7) is 3.44. The Bertz CT molecular complexity index is 1580. The molecule has 0 fully saturated rings. The van der Waals surface area contributed by atoms with E-state index in [0.29, 0.717) is 13.0 Å². The van der Waals surface area contributed by atoms with Crippen LogP contribution in [0.25, 0.3) is 0 Å². The summed E-state index contributed by atoms with van der Waals surface area (Å²) in [4.78, 5) is 48.2. The van der Waals surface area contributed by atoms with Crippen molar-refractivity contribution in [3.8, 4) is 23.0 Å². The highest BCUT2D eigenvalue weighted by molar-refractivity contribution is 6.01. The van der Waals surface area contributed by atoms with E-state index in [4.69, 9.17) is 28.4 Å². The highest BCUT2D eigenvalue weighted by atomic mass is 19.1. The van der Waals surface area contributed by atoms with Gasteiger partial charge in [0.15, 0.2) is 28.7 Å². The number of hydrogen-bond donors (Lipinski definition) is 1. The summed E-state index contributed by atoms with van der Waals surface area (Å²) < 4.78 is 62.7. The van der Waals surface area contributed by atoms with Gasteiger partial charge >= 0.3 is 17.9 Å². The molecule has 0 saturated carbocycles. The van der Waals surface area contributed by atoms with E-state index in [1.54, 1.807) is 0 Å². The average molecular weight is 598 g/mol. The van der Waals surface area contributed by atoms with Crippen molar-refractivity contribution in [1.82, 2.24) is 5.32 Å². The molecule has 224 valence electrons. The lowest BCUT2D eigenvalue weighted by atomic mass is 9.77. The zero-order valence-electron chi connectivity index (χ0n) is 23.2. The average Bonchev–Trinajstić information content (AvgIpc) is 3.25. The molecule has 1 spiro atoms. The number of carbonyl (C=O) groups is 4. The fourth-order valence-corrected chi connectivity index (χ4v) is 4.78. The summed E-state index contributed by atoms with van der Waals surface area (Å²) in [6, 6.07) is 8.66. The lowest BCUT2D eigenvalue weighted by Crippen LogP contribution is -2.33. The quantitative estimate of drug-likeness (QED) is 0.214. The molecule has 0 radical (unpaired) electrons. The van der Waals surface area contributed by atoms with Crippen LogP contribution in [0.3, 0.4) is 0 Å². The van der Waals surface area contributed by atoms with E-state index >= 15 is 8.78 Å². The number of ether oxygens (including phenoxy) is 6. The molecule has 0 unspecified atom stereocenters. The standard InChI is InChI=1S/C30H25F2NO10/c1-4-7-33-28(36)17-5-6-19-18(8-17)29(37)43-30(19)20-9-22(31)26(40-13-38-15(2)34)11-24(20)42-25-12-27(23(32)10-21(25)30)41-14-39-16(3)35/h5-6,8-12H,4,7,13-14H2,1-3H3,(H,33,36). The molecule has 1 N–H and O–H groups in total. The smallest absolute Gasteiger partial charge is 0.340 e. The van der Waals surface area contributed by atoms with E-state index in [2.05, 4.69) is 5.32 Å². The van der Waals surface area contributed by atoms with E-state index in [1.165, 1.54) is 30.3 Å². The Labute approximate surface area is 243 Å². The third-order valence-electron chi connectivity index (χ3n) is 6.66. The van der Waals surface area contributed by atoms with Gasteiger partial charge in [-0.05, 0) is 30.7 Å². The molecule has 13 heteroatoms. The molecule has 2 heterocycles. The van der Waals surface area contributed by atoms with Crippen molar-refractivity contribution >= 4 is 23.8 Å². The van der Waals surface area contributed by atoms with Crippen LogP contribution in [-0.4, -0.2) is 43.9 Å². The first kappa shape index (κ1) is 29.3. The van der Waals surface area contributed by atoms with E-state index in [-0.39, 0.29) is 50.8 Å². The molecule has 2 aliphatic rings. The van der Waals surface area contributed by atoms with Crippen LogP contribution in [0.15, 0.2) is 42.5 Å². The second-order valence-electron chi connectivity index (χ2n) is 9.54. The van der Waals surface area contributed by atoms with Crippen molar-refractivity contribution in [2.75, 3.05) is 20.1 Å². The fraction of sp³-hybridized carbons (Fsp3) is 0.267. The van der Waals surface area contributed by atoms with E-state index < -0.39 is 54.6 Å². The number of rotatable bonds is 9. The molecular weight excluding hydrogens is 572 g/mol. The highest BCUT2D eigenvalue weighted by Gasteiger charge is 2.54. The highest BCUT2D eigenvalue weighted by Crippen LogP contribution is 2.57. The minimum atomic E-state index is -1.90. The van der Waals surface area contributed by atoms with Gasteiger partial charge in [0.25, 0.3) is 5.91 Å². The Morgan fingerprint density at radius 3 is 1.91 bits per heavy atom. The van der Waals surface area contributed by atoms with E-state index in [1.807, 2.05) is 6.92 Å². The summed E-state index contributed by atoms with van der Waals surface area (Å²) in [6.07, 6.45) is 0.700. The summed E-state index contributed by atoms with van der Waals surface area (Å²) in [5, 5.41) is 2.73. The molecule has 3 aromatic rings. The van der Waals surface area contributed by atoms with Gasteiger partial charge in [-0.1, -0.05) is 13.0 Å². The summed E-state index contributed by atoms with van der Waals surface area (Å²) in [5.41, 5.74) is -1.50. The molecule has 0 aliphatic carbocycles. The number of halogens is 2. The van der Waals surface area contributed by atoms with Crippen molar-refractivity contribution in [3.05, 3.63) is 81.9 Å². The van der Waals surface area contributed by atoms with Crippen LogP contribution in [0, 0.1) is 11.6 Å². The van der Waals surface area contributed by atoms with Crippen molar-refractivity contribution < 1.29 is 56.4 Å². The van der Waals surface area contributed by atoms with Crippen LogP contribution < -0.4 is 19.5 Å². The fourth-order valence-electron chi connectivity index (χ4n) is 4.78. The normalized spacial score (nSPS) is 13.6. The van der Waals surface area contributed by atoms with E-state index in [0.717, 1.165) is 26.0 Å². The van der Waals surface area contributed by atoms with Crippen LogP contribution in [0.5, 0.6) is 23.0 Å². The van der Waals surface area contributed by atoms with Crippen molar-refractivity contribution in [2.24, 2.45) is 0 Å². The van der Waals surface area contributed by atoms with Gasteiger partial charge in [-0.15, -0.1) is 0 Å². The summed E-state index contributed by atoms with van der Waals surface area (Å²) in [7, 11) is 0. The molecular formula is C30H25F2NO10. The first-order chi connectivity index (χ1) is 20.5. The van der Waals surface area contributed by atoms with Crippen molar-refractivity contribution in [1.29, 1.82) is 0 Å². The maximum atomic E-state index is 15.4. The first-order valence-electron chi connectivity index (χ1n) is 13.1. The number of amides is 1. The number of hydrogen-bond acceptors (Lipinski definition) is 10. The largest absolute Gasteiger partial charge is 0.456 e. The number of benzene rings is 3. The van der Waals surface area contributed by atoms with Crippen LogP contribution in [0.1, 0.15) is 64.6 Å². The lowest BCUT2D eigenvalue weighted by molar-refractivity contribution is -0.148. The minimum absolute atomic E-state index is 0.000558. The molecule has 43 heavy (non-hydrogen) atoms. The van der Waals surface area contributed by atoms with Crippen LogP contribution in [-0.2, 0) is 29.4 Å². The van der Waals surface area contributed by atoms with Crippen LogP contribution in [0.4, 0.5) is 8.78 Å². The summed E-state index contributed by atoms with van der Waals surface area (Å²) >= 11 is 0. The van der Waals surface area contributed by atoms with Gasteiger partial charge < -0.3 is 33.7 Å². The van der Waals surface area contributed by atoms with E-state index in [9.17, 15) is 19.2 Å². The van der Waals surface area contributed by atoms with Crippen molar-refractivity contribution in [3.63, 3.8) is 0 Å². The van der Waals surface area contributed by atoms with Gasteiger partial charge in [-0.25, -0.2) is 13.6 Å². The molecule has 0 saturated heterocycles. The predicted octanol–water partition coefficient (Wildman–Crippen LogP) is 4.47.